The smallest absolute Gasteiger partial charge is 0.163 e. The Kier molecular flexibility index (Phi) is 7.34. The minimum Gasteiger partial charge on any atom is -0.493 e. The molecule has 0 saturated heterocycles. The minimum absolute atomic E-state index is 0.471. The summed E-state index contributed by atoms with van der Waals surface area (Å²) >= 11 is 6.47. The van der Waals surface area contributed by atoms with Gasteiger partial charge >= 0.3 is 0 Å². The van der Waals surface area contributed by atoms with Crippen LogP contribution in [-0.2, 0) is 19.7 Å². The largest absolute Gasteiger partial charge is 0.493 e. The van der Waals surface area contributed by atoms with Crippen molar-refractivity contribution >= 4 is 11.6 Å². The van der Waals surface area contributed by atoms with E-state index in [2.05, 4.69) is 46.1 Å². The zero-order valence-electron chi connectivity index (χ0n) is 16.3. The first-order valence-electron chi connectivity index (χ1n) is 9.37. The second-order valence-electron chi connectivity index (χ2n) is 6.70. The molecule has 0 unspecified atom stereocenters. The number of nitrogens with one attached hydrogen (secondary N) is 1. The fourth-order valence-electron chi connectivity index (χ4n) is 2.86. The second-order valence-corrected chi connectivity index (χ2v) is 7.11. The highest BCUT2D eigenvalue weighted by Gasteiger charge is 2.11. The first-order chi connectivity index (χ1) is 13.7. The predicted octanol–water partition coefficient (Wildman–Crippen LogP) is 4.61. The summed E-state index contributed by atoms with van der Waals surface area (Å²) < 4.78 is 13.5. The molecule has 0 amide bonds. The third-order valence-corrected chi connectivity index (χ3v) is 4.84. The van der Waals surface area contributed by atoms with Crippen molar-refractivity contribution in [3.8, 4) is 11.5 Å². The number of aromatic nitrogens is 2. The molecular weight excluding hydrogens is 374 g/mol. The monoisotopic (exact) mass is 399 g/mol. The summed E-state index contributed by atoms with van der Waals surface area (Å²) in [6.45, 7) is 5.05. The molecule has 0 aliphatic carbocycles. The number of halogens is 1. The Balaban J connectivity index is 1.53. The van der Waals surface area contributed by atoms with Crippen molar-refractivity contribution in [2.24, 2.45) is 0 Å². The Labute approximate surface area is 171 Å². The summed E-state index contributed by atoms with van der Waals surface area (Å²) in [5, 5.41) is 4.09. The van der Waals surface area contributed by atoms with E-state index in [1.165, 1.54) is 5.56 Å². The van der Waals surface area contributed by atoms with Crippen LogP contribution in [0.5, 0.6) is 11.5 Å². The lowest BCUT2D eigenvalue weighted by Crippen LogP contribution is -2.16. The van der Waals surface area contributed by atoms with Gasteiger partial charge in [-0.2, -0.15) is 0 Å². The molecule has 148 valence electrons. The zero-order valence-corrected chi connectivity index (χ0v) is 17.1. The Morgan fingerprint density at radius 3 is 2.68 bits per heavy atom. The molecule has 1 N–H and O–H groups in total. The Morgan fingerprint density at radius 2 is 1.96 bits per heavy atom. The van der Waals surface area contributed by atoms with Crippen LogP contribution in [0, 0.1) is 6.92 Å². The van der Waals surface area contributed by atoms with Crippen molar-refractivity contribution in [2.45, 2.75) is 33.0 Å². The molecule has 0 fully saturated rings. The normalized spacial score (nSPS) is 10.8. The molecule has 0 saturated carbocycles. The summed E-state index contributed by atoms with van der Waals surface area (Å²) in [6, 6.07) is 12.0. The third-order valence-electron chi connectivity index (χ3n) is 4.49. The summed E-state index contributed by atoms with van der Waals surface area (Å²) in [4.78, 5) is 4.05. The first-order valence-corrected chi connectivity index (χ1v) is 9.74. The topological polar surface area (TPSA) is 48.3 Å². The molecule has 0 spiro atoms. The van der Waals surface area contributed by atoms with Gasteiger partial charge in [0.05, 0.1) is 13.4 Å². The van der Waals surface area contributed by atoms with Gasteiger partial charge in [-0.3, -0.25) is 0 Å². The average molecular weight is 400 g/mol. The van der Waals surface area contributed by atoms with Crippen LogP contribution in [0.2, 0.25) is 5.02 Å². The van der Waals surface area contributed by atoms with E-state index in [9.17, 15) is 0 Å². The molecule has 1 aromatic heterocycles. The van der Waals surface area contributed by atoms with Crippen molar-refractivity contribution in [3.63, 3.8) is 0 Å². The molecule has 28 heavy (non-hydrogen) atoms. The number of imidazole rings is 1. The number of hydrogen-bond acceptors (Lipinski definition) is 4. The maximum atomic E-state index is 6.47. The van der Waals surface area contributed by atoms with Crippen molar-refractivity contribution in [3.05, 3.63) is 76.8 Å². The number of hydrogen-bond donors (Lipinski definition) is 1. The van der Waals surface area contributed by atoms with E-state index >= 15 is 0 Å². The highest BCUT2D eigenvalue weighted by molar-refractivity contribution is 6.31. The molecule has 1 heterocycles. The second kappa shape index (κ2) is 10.2. The van der Waals surface area contributed by atoms with Crippen LogP contribution in [0.3, 0.4) is 0 Å². The van der Waals surface area contributed by atoms with E-state index in [4.69, 9.17) is 21.1 Å². The van der Waals surface area contributed by atoms with Crippen molar-refractivity contribution in [1.82, 2.24) is 14.9 Å². The van der Waals surface area contributed by atoms with Crippen molar-refractivity contribution < 1.29 is 9.47 Å². The van der Waals surface area contributed by atoms with Gasteiger partial charge in [0, 0.05) is 36.6 Å². The minimum atomic E-state index is 0.471. The summed E-state index contributed by atoms with van der Waals surface area (Å²) in [5.74, 6) is 1.34. The van der Waals surface area contributed by atoms with Crippen LogP contribution in [0.15, 0.2) is 55.1 Å². The van der Waals surface area contributed by atoms with Gasteiger partial charge < -0.3 is 19.4 Å². The lowest BCUT2D eigenvalue weighted by atomic mass is 10.1. The van der Waals surface area contributed by atoms with Crippen LogP contribution >= 0.6 is 11.6 Å². The maximum absolute atomic E-state index is 6.47. The van der Waals surface area contributed by atoms with Gasteiger partial charge in [-0.1, -0.05) is 41.4 Å². The average Bonchev–Trinajstić information content (AvgIpc) is 3.22. The summed E-state index contributed by atoms with van der Waals surface area (Å²) in [6.07, 6.45) is 6.61. The quantitative estimate of drug-likeness (QED) is 0.505. The van der Waals surface area contributed by atoms with Crippen LogP contribution in [-0.4, -0.2) is 23.2 Å². The standard InChI is InChI=1S/C22H26ClN3O2/c1-17-4-6-18(7-5-17)15-28-22-13-20(23)19(12-21(22)27-2)14-24-8-3-10-26-11-9-25-16-26/h4-7,9,11-13,16,24H,3,8,10,14-15H2,1-2H3. The number of ether oxygens (including phenoxy) is 2. The van der Waals surface area contributed by atoms with E-state index in [-0.39, 0.29) is 0 Å². The van der Waals surface area contributed by atoms with Gasteiger partial charge in [-0.05, 0) is 37.1 Å². The lowest BCUT2D eigenvalue weighted by Gasteiger charge is -2.14. The summed E-state index contributed by atoms with van der Waals surface area (Å²) in [7, 11) is 1.64. The van der Waals surface area contributed by atoms with Gasteiger partial charge in [0.1, 0.15) is 6.61 Å². The molecule has 0 aliphatic heterocycles. The van der Waals surface area contributed by atoms with E-state index < -0.39 is 0 Å². The highest BCUT2D eigenvalue weighted by atomic mass is 35.5. The van der Waals surface area contributed by atoms with Crippen LogP contribution in [0.1, 0.15) is 23.1 Å². The molecule has 3 aromatic rings. The first kappa shape index (κ1) is 20.2. The molecule has 2 aromatic carbocycles. The molecule has 0 aliphatic rings. The lowest BCUT2D eigenvalue weighted by molar-refractivity contribution is 0.284. The molecule has 5 nitrogen and oxygen atoms in total. The maximum Gasteiger partial charge on any atom is 0.163 e. The number of nitrogens with zero attached hydrogens (tertiary/aromatic N) is 2. The van der Waals surface area contributed by atoms with Crippen LogP contribution in [0.4, 0.5) is 0 Å². The Bertz CT molecular complexity index is 864. The molecule has 0 atom stereocenters. The van der Waals surface area contributed by atoms with Gasteiger partial charge in [-0.25, -0.2) is 4.98 Å². The fraction of sp³-hybridized carbons (Fsp3) is 0.318. The third kappa shape index (κ3) is 5.75. The Hall–Kier alpha value is -2.50. The molecule has 0 bridgehead atoms. The van der Waals surface area contributed by atoms with Gasteiger partial charge in [0.2, 0.25) is 0 Å². The highest BCUT2D eigenvalue weighted by Crippen LogP contribution is 2.34. The van der Waals surface area contributed by atoms with Crippen molar-refractivity contribution in [2.75, 3.05) is 13.7 Å². The van der Waals surface area contributed by atoms with Gasteiger partial charge in [0.15, 0.2) is 11.5 Å². The van der Waals surface area contributed by atoms with Crippen molar-refractivity contribution in [1.29, 1.82) is 0 Å². The predicted molar refractivity (Wildman–Crippen MR) is 112 cm³/mol. The van der Waals surface area contributed by atoms with E-state index in [1.807, 2.05) is 24.7 Å². The fourth-order valence-corrected chi connectivity index (χ4v) is 3.08. The SMILES string of the molecule is COc1cc(CNCCCn2ccnc2)c(Cl)cc1OCc1ccc(C)cc1. The van der Waals surface area contributed by atoms with Gasteiger partial charge in [0.25, 0.3) is 0 Å². The van der Waals surface area contributed by atoms with Crippen LogP contribution in [0.25, 0.3) is 0 Å². The van der Waals surface area contributed by atoms with E-state index in [0.717, 1.165) is 30.6 Å². The summed E-state index contributed by atoms with van der Waals surface area (Å²) in [5.41, 5.74) is 3.32. The molecular formula is C22H26ClN3O2. The molecule has 0 radical (unpaired) electrons. The van der Waals surface area contributed by atoms with E-state index in [1.54, 1.807) is 13.3 Å². The zero-order chi connectivity index (χ0) is 19.8. The molecule has 6 heteroatoms. The molecule has 3 rings (SSSR count). The van der Waals surface area contributed by atoms with Gasteiger partial charge in [-0.15, -0.1) is 0 Å². The Morgan fingerprint density at radius 1 is 1.14 bits per heavy atom. The number of rotatable bonds is 10. The van der Waals surface area contributed by atoms with E-state index in [0.29, 0.717) is 29.7 Å². The number of benzene rings is 2. The number of methoxy groups -OCH3 is 1. The number of aryl methyl sites for hydroxylation is 2. The van der Waals surface area contributed by atoms with Crippen LogP contribution < -0.4 is 14.8 Å².